The minimum atomic E-state index is -1.65. The van der Waals surface area contributed by atoms with Gasteiger partial charge in [-0.15, -0.1) is 0 Å². The van der Waals surface area contributed by atoms with Gasteiger partial charge in [0.25, 0.3) is 0 Å². The molecule has 0 saturated heterocycles. The fourth-order valence-electron chi connectivity index (χ4n) is 0.382. The lowest BCUT2D eigenvalue weighted by molar-refractivity contribution is 0.221. The Bertz CT molecular complexity index is 174. The summed E-state index contributed by atoms with van der Waals surface area (Å²) in [5.41, 5.74) is -0.847. The largest absolute Gasteiger partial charge is 0.476 e. The minimum Gasteiger partial charge on any atom is -0.476 e. The maximum Gasteiger partial charge on any atom is 0.357 e. The van der Waals surface area contributed by atoms with E-state index in [1.165, 1.54) is 6.20 Å². The van der Waals surface area contributed by atoms with Crippen LogP contribution in [-0.4, -0.2) is 10.8 Å². The maximum atomic E-state index is 10.1. The molecular formula is C3H5N2O2P. The van der Waals surface area contributed by atoms with Crippen LogP contribution in [0.2, 0.25) is 0 Å². The second-order valence-electron chi connectivity index (χ2n) is 1.24. The van der Waals surface area contributed by atoms with Crippen LogP contribution in [-0.2, 0) is 0 Å². The monoisotopic (exact) mass is 132 g/mol. The van der Waals surface area contributed by atoms with Crippen LogP contribution in [0.15, 0.2) is 17.1 Å². The summed E-state index contributed by atoms with van der Waals surface area (Å²) in [5, 5.41) is 10.9. The van der Waals surface area contributed by atoms with E-state index in [0.29, 0.717) is 0 Å². The van der Waals surface area contributed by atoms with Crippen LogP contribution in [0.1, 0.15) is 0 Å². The van der Waals surface area contributed by atoms with Gasteiger partial charge in [0.1, 0.15) is 0 Å². The first-order chi connectivity index (χ1) is 3.80. The standard InChI is InChI=1S/C3H5N2O2P/c6-3(7)8-4-1-2-5-8/h1-2,8H,(H,4,5)(H,6,7). The normalized spacial score (nSPS) is 24.2. The van der Waals surface area contributed by atoms with Gasteiger partial charge in [-0.2, -0.15) is 0 Å². The first-order valence-corrected chi connectivity index (χ1v) is 3.48. The Morgan fingerprint density at radius 1 is 1.88 bits per heavy atom. The van der Waals surface area contributed by atoms with Crippen LogP contribution in [0.3, 0.4) is 0 Å². The van der Waals surface area contributed by atoms with Gasteiger partial charge in [0.05, 0.1) is 0 Å². The molecule has 1 heterocycles. The van der Waals surface area contributed by atoms with Crippen LogP contribution in [0.5, 0.6) is 0 Å². The molecule has 44 valence electrons. The maximum absolute atomic E-state index is 10.1. The number of hydrogen-bond acceptors (Lipinski definition) is 3. The Hall–Kier alpha value is -0.760. The molecule has 2 N–H and O–H groups in total. The lowest BCUT2D eigenvalue weighted by Gasteiger charge is -1.91. The molecule has 0 fully saturated rings. The van der Waals surface area contributed by atoms with E-state index in [1.807, 2.05) is 0 Å². The van der Waals surface area contributed by atoms with Crippen molar-refractivity contribution >= 4 is 13.6 Å². The quantitative estimate of drug-likeness (QED) is 0.524. The zero-order valence-corrected chi connectivity index (χ0v) is 4.96. The molecule has 0 aliphatic carbocycles. The molecule has 5 heteroatoms. The highest BCUT2D eigenvalue weighted by Gasteiger charge is 2.04. The van der Waals surface area contributed by atoms with Crippen molar-refractivity contribution in [3.05, 3.63) is 12.4 Å². The van der Waals surface area contributed by atoms with Gasteiger partial charge in [0.15, 0.2) is 7.86 Å². The zero-order valence-electron chi connectivity index (χ0n) is 3.96. The zero-order chi connectivity index (χ0) is 5.98. The Kier molecular flexibility index (Phi) is 1.35. The second kappa shape index (κ2) is 2.01. The number of nitrogens with one attached hydrogen (secondary N) is 1. The van der Waals surface area contributed by atoms with Crippen molar-refractivity contribution in [3.8, 4) is 0 Å². The van der Waals surface area contributed by atoms with Gasteiger partial charge in [0, 0.05) is 12.4 Å². The summed E-state index contributed by atoms with van der Waals surface area (Å²) in [5.74, 6) is 0. The van der Waals surface area contributed by atoms with E-state index < -0.39 is 13.6 Å². The molecular weight excluding hydrogens is 127 g/mol. The van der Waals surface area contributed by atoms with E-state index in [9.17, 15) is 4.79 Å². The molecule has 1 atom stereocenters. The predicted octanol–water partition coefficient (Wildman–Crippen LogP) is 1.05. The lowest BCUT2D eigenvalue weighted by atomic mass is 11.0. The molecule has 0 radical (unpaired) electrons. The van der Waals surface area contributed by atoms with E-state index >= 15 is 0 Å². The summed E-state index contributed by atoms with van der Waals surface area (Å²) in [6.07, 6.45) is 3.02. The number of carbonyl (C=O) groups is 1. The van der Waals surface area contributed by atoms with Gasteiger partial charge >= 0.3 is 5.71 Å². The Morgan fingerprint density at radius 3 is 2.88 bits per heavy atom. The van der Waals surface area contributed by atoms with Crippen LogP contribution < -0.4 is 5.09 Å². The highest BCUT2D eigenvalue weighted by atomic mass is 31.1. The fourth-order valence-corrected chi connectivity index (χ4v) is 1.15. The molecule has 4 nitrogen and oxygen atoms in total. The first kappa shape index (κ1) is 5.38. The average molecular weight is 132 g/mol. The molecule has 0 amide bonds. The third-order valence-corrected chi connectivity index (χ3v) is 1.95. The summed E-state index contributed by atoms with van der Waals surface area (Å²) in [6.45, 7) is 0. The minimum absolute atomic E-state index is 0.847. The Labute approximate surface area is 46.7 Å². The molecule has 1 aliphatic heterocycles. The van der Waals surface area contributed by atoms with E-state index in [-0.39, 0.29) is 0 Å². The van der Waals surface area contributed by atoms with Crippen molar-refractivity contribution in [2.24, 2.45) is 4.74 Å². The fraction of sp³-hybridized carbons (Fsp3) is 0. The van der Waals surface area contributed by atoms with Crippen molar-refractivity contribution < 1.29 is 9.90 Å². The van der Waals surface area contributed by atoms with Crippen LogP contribution in [0, 0.1) is 0 Å². The lowest BCUT2D eigenvalue weighted by Crippen LogP contribution is -1.93. The second-order valence-corrected chi connectivity index (χ2v) is 2.91. The topological polar surface area (TPSA) is 61.7 Å². The Balaban J connectivity index is 2.64. The van der Waals surface area contributed by atoms with Crippen molar-refractivity contribution in [1.82, 2.24) is 5.09 Å². The van der Waals surface area contributed by atoms with Crippen LogP contribution in [0.4, 0.5) is 4.79 Å². The highest BCUT2D eigenvalue weighted by Crippen LogP contribution is 2.24. The van der Waals surface area contributed by atoms with Crippen LogP contribution >= 0.6 is 7.86 Å². The van der Waals surface area contributed by atoms with E-state index in [4.69, 9.17) is 5.11 Å². The highest BCUT2D eigenvalue weighted by molar-refractivity contribution is 7.63. The molecule has 0 spiro atoms. The van der Waals surface area contributed by atoms with E-state index in [1.54, 1.807) is 6.20 Å². The molecule has 0 saturated carbocycles. The molecule has 8 heavy (non-hydrogen) atoms. The molecule has 0 aromatic rings. The van der Waals surface area contributed by atoms with Crippen molar-refractivity contribution in [1.29, 1.82) is 0 Å². The first-order valence-electron chi connectivity index (χ1n) is 2.03. The van der Waals surface area contributed by atoms with Gasteiger partial charge in [-0.1, -0.05) is 0 Å². The summed E-state index contributed by atoms with van der Waals surface area (Å²) in [7, 11) is -1.65. The number of nitrogens with zero attached hydrogens (tertiary/aromatic N) is 1. The molecule has 0 bridgehead atoms. The third-order valence-electron chi connectivity index (χ3n) is 0.701. The molecule has 0 aromatic carbocycles. The summed E-state index contributed by atoms with van der Waals surface area (Å²) >= 11 is 0. The van der Waals surface area contributed by atoms with Gasteiger partial charge in [-0.05, 0) is 0 Å². The summed E-state index contributed by atoms with van der Waals surface area (Å²) < 4.78 is 3.65. The van der Waals surface area contributed by atoms with E-state index in [2.05, 4.69) is 9.83 Å². The third kappa shape index (κ3) is 0.898. The van der Waals surface area contributed by atoms with Gasteiger partial charge in [-0.3, -0.25) is 0 Å². The summed E-state index contributed by atoms with van der Waals surface area (Å²) in [4.78, 5) is 10.1. The molecule has 0 aromatic heterocycles. The van der Waals surface area contributed by atoms with Crippen molar-refractivity contribution in [3.63, 3.8) is 0 Å². The molecule has 1 unspecified atom stereocenters. The number of rotatable bonds is 1. The van der Waals surface area contributed by atoms with E-state index in [0.717, 1.165) is 0 Å². The molecule has 1 rings (SSSR count). The number of carboxylic acid groups (broad SMARTS) is 1. The summed E-state index contributed by atoms with van der Waals surface area (Å²) in [6, 6.07) is 0. The average Bonchev–Trinajstić information content (AvgIpc) is 2.12. The molecule has 1 aliphatic rings. The Morgan fingerprint density at radius 2 is 2.62 bits per heavy atom. The number of hydrogen-bond donors (Lipinski definition) is 2. The van der Waals surface area contributed by atoms with Crippen molar-refractivity contribution in [2.45, 2.75) is 0 Å². The van der Waals surface area contributed by atoms with Gasteiger partial charge < -0.3 is 10.2 Å². The SMILES string of the molecule is O=C(O)[PH]1=NC=CN1. The smallest absolute Gasteiger partial charge is 0.357 e. The van der Waals surface area contributed by atoms with Crippen LogP contribution in [0.25, 0.3) is 0 Å². The predicted molar refractivity (Wildman–Crippen MR) is 31.0 cm³/mol. The van der Waals surface area contributed by atoms with Gasteiger partial charge in [-0.25, -0.2) is 9.54 Å². The van der Waals surface area contributed by atoms with Crippen molar-refractivity contribution in [2.75, 3.05) is 0 Å². The van der Waals surface area contributed by atoms with Gasteiger partial charge in [0.2, 0.25) is 0 Å².